The highest BCUT2D eigenvalue weighted by atomic mass is 16.1. The molecule has 5 nitrogen and oxygen atoms in total. The first-order valence-corrected chi connectivity index (χ1v) is 6.68. The fourth-order valence-electron chi connectivity index (χ4n) is 2.66. The van der Waals surface area contributed by atoms with E-state index in [9.17, 15) is 4.79 Å². The molecule has 19 heavy (non-hydrogen) atoms. The van der Waals surface area contributed by atoms with Crippen molar-refractivity contribution in [3.8, 4) is 0 Å². The smallest absolute Gasteiger partial charge is 0.258 e. The molecule has 1 saturated heterocycles. The number of piperidine rings is 1. The van der Waals surface area contributed by atoms with E-state index in [1.807, 2.05) is 18.2 Å². The average Bonchev–Trinajstić information content (AvgIpc) is 2.39. The Bertz CT molecular complexity index is 637. The summed E-state index contributed by atoms with van der Waals surface area (Å²) in [7, 11) is 0. The van der Waals surface area contributed by atoms with Gasteiger partial charge < -0.3 is 10.7 Å². The van der Waals surface area contributed by atoms with E-state index in [4.69, 9.17) is 5.73 Å². The number of para-hydroxylation sites is 1. The zero-order valence-corrected chi connectivity index (χ0v) is 10.8. The van der Waals surface area contributed by atoms with Crippen LogP contribution in [0.25, 0.3) is 10.9 Å². The lowest BCUT2D eigenvalue weighted by atomic mass is 10.1. The molecule has 1 fully saturated rings. The van der Waals surface area contributed by atoms with Crippen LogP contribution in [-0.4, -0.2) is 34.0 Å². The number of fused-ring (bicyclic) bond motifs is 1. The molecule has 100 valence electrons. The van der Waals surface area contributed by atoms with Crippen molar-refractivity contribution in [2.75, 3.05) is 13.1 Å². The zero-order chi connectivity index (χ0) is 13.2. The van der Waals surface area contributed by atoms with Crippen molar-refractivity contribution in [3.05, 3.63) is 40.4 Å². The summed E-state index contributed by atoms with van der Waals surface area (Å²) in [5, 5.41) is 0.640. The molecule has 1 aliphatic heterocycles. The third kappa shape index (κ3) is 2.67. The van der Waals surface area contributed by atoms with Gasteiger partial charge in [0.25, 0.3) is 5.56 Å². The summed E-state index contributed by atoms with van der Waals surface area (Å²) in [6, 6.07) is 7.65. The van der Waals surface area contributed by atoms with E-state index in [-0.39, 0.29) is 11.6 Å². The highest BCUT2D eigenvalue weighted by molar-refractivity contribution is 5.77. The van der Waals surface area contributed by atoms with Crippen molar-refractivity contribution in [3.63, 3.8) is 0 Å². The minimum Gasteiger partial charge on any atom is -0.327 e. The number of benzene rings is 1. The molecule has 5 heteroatoms. The van der Waals surface area contributed by atoms with E-state index in [1.54, 1.807) is 6.07 Å². The Balaban J connectivity index is 1.87. The van der Waals surface area contributed by atoms with Crippen molar-refractivity contribution in [1.29, 1.82) is 0 Å². The first-order valence-electron chi connectivity index (χ1n) is 6.68. The second kappa shape index (κ2) is 5.11. The number of aromatic amines is 1. The highest BCUT2D eigenvalue weighted by Crippen LogP contribution is 2.11. The molecule has 1 aromatic heterocycles. The SMILES string of the molecule is NC1CCCN(Cc2nc3ccccc3c(=O)[nH]2)C1. The molecule has 3 N–H and O–H groups in total. The third-order valence-corrected chi connectivity index (χ3v) is 3.58. The van der Waals surface area contributed by atoms with Crippen LogP contribution in [0, 0.1) is 0 Å². The van der Waals surface area contributed by atoms with Crippen molar-refractivity contribution >= 4 is 10.9 Å². The molecule has 0 aliphatic carbocycles. The number of aromatic nitrogens is 2. The van der Waals surface area contributed by atoms with E-state index in [0.717, 1.165) is 37.3 Å². The zero-order valence-electron chi connectivity index (χ0n) is 10.8. The fourth-order valence-corrected chi connectivity index (χ4v) is 2.66. The second-order valence-electron chi connectivity index (χ2n) is 5.17. The van der Waals surface area contributed by atoms with Crippen LogP contribution in [0.2, 0.25) is 0 Å². The molecular weight excluding hydrogens is 240 g/mol. The Hall–Kier alpha value is -1.72. The average molecular weight is 258 g/mol. The standard InChI is InChI=1S/C14H18N4O/c15-10-4-3-7-18(8-10)9-13-16-12-6-2-1-5-11(12)14(19)17-13/h1-2,5-6,10H,3-4,7-9,15H2,(H,16,17,19). The minimum atomic E-state index is -0.0677. The van der Waals surface area contributed by atoms with Gasteiger partial charge in [-0.15, -0.1) is 0 Å². The quantitative estimate of drug-likeness (QED) is 0.837. The summed E-state index contributed by atoms with van der Waals surface area (Å²) in [4.78, 5) is 21.6. The molecule has 0 saturated carbocycles. The van der Waals surface area contributed by atoms with E-state index in [0.29, 0.717) is 11.9 Å². The van der Waals surface area contributed by atoms with Crippen LogP contribution in [0.5, 0.6) is 0 Å². The van der Waals surface area contributed by atoms with E-state index in [2.05, 4.69) is 14.9 Å². The van der Waals surface area contributed by atoms with Crippen LogP contribution in [0.3, 0.4) is 0 Å². The van der Waals surface area contributed by atoms with Crippen molar-refractivity contribution in [2.24, 2.45) is 5.73 Å². The number of H-pyrrole nitrogens is 1. The van der Waals surface area contributed by atoms with E-state index in [1.165, 1.54) is 0 Å². The molecule has 3 rings (SSSR count). The Morgan fingerprint density at radius 2 is 2.26 bits per heavy atom. The maximum atomic E-state index is 12.0. The maximum absolute atomic E-state index is 12.0. The number of nitrogens with two attached hydrogens (primary N) is 1. The highest BCUT2D eigenvalue weighted by Gasteiger charge is 2.17. The number of nitrogens with zero attached hydrogens (tertiary/aromatic N) is 2. The van der Waals surface area contributed by atoms with Crippen LogP contribution in [0.4, 0.5) is 0 Å². The van der Waals surface area contributed by atoms with Gasteiger partial charge in [-0.3, -0.25) is 9.69 Å². The summed E-state index contributed by atoms with van der Waals surface area (Å²) in [6.07, 6.45) is 2.19. The van der Waals surface area contributed by atoms with Crippen LogP contribution < -0.4 is 11.3 Å². The molecule has 0 bridgehead atoms. The molecule has 1 unspecified atom stereocenters. The van der Waals surface area contributed by atoms with Crippen molar-refractivity contribution < 1.29 is 0 Å². The van der Waals surface area contributed by atoms with Gasteiger partial charge in [0.05, 0.1) is 17.4 Å². The molecule has 2 aromatic rings. The molecule has 0 spiro atoms. The van der Waals surface area contributed by atoms with Crippen molar-refractivity contribution in [1.82, 2.24) is 14.9 Å². The number of hydrogen-bond donors (Lipinski definition) is 2. The fraction of sp³-hybridized carbons (Fsp3) is 0.429. The molecular formula is C14H18N4O. The minimum absolute atomic E-state index is 0.0677. The summed E-state index contributed by atoms with van der Waals surface area (Å²) >= 11 is 0. The predicted octanol–water partition coefficient (Wildman–Crippen LogP) is 0.846. The van der Waals surface area contributed by atoms with Gasteiger partial charge in [-0.05, 0) is 31.5 Å². The Kier molecular flexibility index (Phi) is 3.31. The first-order chi connectivity index (χ1) is 9.22. The summed E-state index contributed by atoms with van der Waals surface area (Å²) < 4.78 is 0. The Morgan fingerprint density at radius 3 is 3.11 bits per heavy atom. The number of rotatable bonds is 2. The van der Waals surface area contributed by atoms with Gasteiger partial charge in [0, 0.05) is 12.6 Å². The molecule has 1 atom stereocenters. The molecule has 0 radical (unpaired) electrons. The van der Waals surface area contributed by atoms with Crippen LogP contribution in [0.1, 0.15) is 18.7 Å². The third-order valence-electron chi connectivity index (χ3n) is 3.58. The molecule has 0 amide bonds. The maximum Gasteiger partial charge on any atom is 0.258 e. The topological polar surface area (TPSA) is 75.0 Å². The van der Waals surface area contributed by atoms with Gasteiger partial charge in [-0.1, -0.05) is 12.1 Å². The monoisotopic (exact) mass is 258 g/mol. The van der Waals surface area contributed by atoms with E-state index < -0.39 is 0 Å². The van der Waals surface area contributed by atoms with Gasteiger partial charge in [-0.2, -0.15) is 0 Å². The lowest BCUT2D eigenvalue weighted by Gasteiger charge is -2.30. The second-order valence-corrected chi connectivity index (χ2v) is 5.17. The molecule has 1 aliphatic rings. The number of likely N-dealkylation sites (tertiary alicyclic amines) is 1. The van der Waals surface area contributed by atoms with Crippen LogP contribution in [-0.2, 0) is 6.54 Å². The Morgan fingerprint density at radius 1 is 1.42 bits per heavy atom. The van der Waals surface area contributed by atoms with Gasteiger partial charge in [0.15, 0.2) is 0 Å². The van der Waals surface area contributed by atoms with Crippen LogP contribution >= 0.6 is 0 Å². The van der Waals surface area contributed by atoms with Gasteiger partial charge in [0.1, 0.15) is 5.82 Å². The Labute approximate surface area is 111 Å². The van der Waals surface area contributed by atoms with Gasteiger partial charge >= 0.3 is 0 Å². The van der Waals surface area contributed by atoms with Crippen molar-refractivity contribution in [2.45, 2.75) is 25.4 Å². The van der Waals surface area contributed by atoms with Gasteiger partial charge in [-0.25, -0.2) is 4.98 Å². The van der Waals surface area contributed by atoms with Gasteiger partial charge in [0.2, 0.25) is 0 Å². The summed E-state index contributed by atoms with van der Waals surface area (Å²) in [5.74, 6) is 0.720. The first kappa shape index (κ1) is 12.3. The molecule has 2 heterocycles. The summed E-state index contributed by atoms with van der Waals surface area (Å²) in [6.45, 7) is 2.55. The van der Waals surface area contributed by atoms with Crippen LogP contribution in [0.15, 0.2) is 29.1 Å². The number of nitrogens with one attached hydrogen (secondary N) is 1. The summed E-state index contributed by atoms with van der Waals surface area (Å²) in [5.41, 5.74) is 6.65. The normalized spacial score (nSPS) is 20.8. The lowest BCUT2D eigenvalue weighted by molar-refractivity contribution is 0.197. The van der Waals surface area contributed by atoms with E-state index >= 15 is 0 Å². The predicted molar refractivity (Wildman–Crippen MR) is 74.9 cm³/mol. The number of hydrogen-bond acceptors (Lipinski definition) is 4. The largest absolute Gasteiger partial charge is 0.327 e. The molecule has 1 aromatic carbocycles. The lowest BCUT2D eigenvalue weighted by Crippen LogP contribution is -2.42.